The molecule has 0 aromatic carbocycles. The van der Waals surface area contributed by atoms with Crippen LogP contribution < -0.4 is 9.86 Å². The fourth-order valence-corrected chi connectivity index (χ4v) is 2.18. The number of nitrogens with two attached hydrogens (primary N) is 1. The lowest BCUT2D eigenvalue weighted by molar-refractivity contribution is 0.117. The Bertz CT molecular complexity index is 239. The van der Waals surface area contributed by atoms with Crippen molar-refractivity contribution >= 4 is 10.2 Å². The Kier molecular flexibility index (Phi) is 3.05. The minimum Gasteiger partial charge on any atom is -0.393 e. The highest BCUT2D eigenvalue weighted by molar-refractivity contribution is 7.87. The molecule has 0 radical (unpaired) electrons. The van der Waals surface area contributed by atoms with Crippen LogP contribution in [0.3, 0.4) is 0 Å². The van der Waals surface area contributed by atoms with Crippen molar-refractivity contribution in [1.82, 2.24) is 4.72 Å². The van der Waals surface area contributed by atoms with Gasteiger partial charge in [0.25, 0.3) is 10.2 Å². The van der Waals surface area contributed by atoms with Gasteiger partial charge < -0.3 is 5.11 Å². The van der Waals surface area contributed by atoms with E-state index < -0.39 is 16.3 Å². The van der Waals surface area contributed by atoms with Crippen LogP contribution >= 0.6 is 0 Å². The number of hydrogen-bond acceptors (Lipinski definition) is 3. The third-order valence-electron chi connectivity index (χ3n) is 1.98. The van der Waals surface area contributed by atoms with Crippen LogP contribution in [-0.4, -0.2) is 25.7 Å². The van der Waals surface area contributed by atoms with Crippen LogP contribution in [0, 0.1) is 0 Å². The third kappa shape index (κ3) is 3.48. The lowest BCUT2D eigenvalue weighted by Crippen LogP contribution is -2.42. The number of nitrogens with one attached hydrogen (secondary N) is 1. The molecule has 1 aliphatic carbocycles. The molecule has 5 nitrogen and oxygen atoms in total. The van der Waals surface area contributed by atoms with Crippen molar-refractivity contribution in [3.63, 3.8) is 0 Å². The Balaban J connectivity index is 2.43. The maximum Gasteiger partial charge on any atom is 0.274 e. The normalized spacial score (nSPS) is 31.8. The molecule has 0 saturated heterocycles. The van der Waals surface area contributed by atoms with Gasteiger partial charge in [-0.2, -0.15) is 13.1 Å². The molecule has 0 aliphatic heterocycles. The molecule has 2 atom stereocenters. The predicted molar refractivity (Wildman–Crippen MR) is 44.5 cm³/mol. The molecule has 4 N–H and O–H groups in total. The summed E-state index contributed by atoms with van der Waals surface area (Å²) in [5, 5.41) is 14.0. The van der Waals surface area contributed by atoms with E-state index in [1.807, 2.05) is 0 Å². The van der Waals surface area contributed by atoms with Gasteiger partial charge in [0, 0.05) is 6.04 Å². The maximum atomic E-state index is 10.6. The maximum absolute atomic E-state index is 10.6. The number of hydrogen-bond donors (Lipinski definition) is 3. The lowest BCUT2D eigenvalue weighted by atomic mass is 9.94. The first-order chi connectivity index (χ1) is 5.47. The Morgan fingerprint density at radius 1 is 1.42 bits per heavy atom. The van der Waals surface area contributed by atoms with Gasteiger partial charge in [0.1, 0.15) is 0 Å². The van der Waals surface area contributed by atoms with Crippen LogP contribution in [-0.2, 0) is 10.2 Å². The molecule has 1 aliphatic rings. The van der Waals surface area contributed by atoms with E-state index in [9.17, 15) is 13.5 Å². The van der Waals surface area contributed by atoms with Crippen LogP contribution in [0.4, 0.5) is 0 Å². The molecule has 0 heterocycles. The first-order valence-corrected chi connectivity index (χ1v) is 5.50. The van der Waals surface area contributed by atoms with Gasteiger partial charge in [0.05, 0.1) is 6.10 Å². The zero-order chi connectivity index (χ0) is 9.19. The molecule has 0 amide bonds. The molecule has 0 bridgehead atoms. The van der Waals surface area contributed by atoms with Crippen molar-refractivity contribution in [2.45, 2.75) is 37.8 Å². The minimum atomic E-state index is -3.61. The van der Waals surface area contributed by atoms with E-state index in [4.69, 9.17) is 5.14 Å². The second-order valence-corrected chi connectivity index (χ2v) is 4.51. The summed E-state index contributed by atoms with van der Waals surface area (Å²) < 4.78 is 23.5. The minimum absolute atomic E-state index is 0.191. The highest BCUT2D eigenvalue weighted by Crippen LogP contribution is 2.18. The molecule has 1 fully saturated rings. The van der Waals surface area contributed by atoms with E-state index in [0.717, 1.165) is 19.3 Å². The Hall–Kier alpha value is -0.170. The van der Waals surface area contributed by atoms with Gasteiger partial charge in [-0.05, 0) is 25.7 Å². The van der Waals surface area contributed by atoms with Gasteiger partial charge in [0.15, 0.2) is 0 Å². The summed E-state index contributed by atoms with van der Waals surface area (Å²) in [6.45, 7) is 0. The molecule has 0 spiro atoms. The van der Waals surface area contributed by atoms with E-state index in [1.165, 1.54) is 0 Å². The van der Waals surface area contributed by atoms with E-state index in [2.05, 4.69) is 4.72 Å². The van der Waals surface area contributed by atoms with E-state index in [-0.39, 0.29) is 6.04 Å². The lowest BCUT2D eigenvalue weighted by Gasteiger charge is -2.25. The zero-order valence-corrected chi connectivity index (χ0v) is 7.55. The molecule has 0 aromatic heterocycles. The molecular weight excluding hydrogens is 180 g/mol. The van der Waals surface area contributed by atoms with E-state index >= 15 is 0 Å². The largest absolute Gasteiger partial charge is 0.393 e. The van der Waals surface area contributed by atoms with Gasteiger partial charge in [-0.15, -0.1) is 0 Å². The Labute approximate surface area is 72.1 Å². The van der Waals surface area contributed by atoms with Crippen molar-refractivity contribution in [1.29, 1.82) is 0 Å². The predicted octanol–water partition coefficient (Wildman–Crippen LogP) is -0.917. The van der Waals surface area contributed by atoms with Crippen molar-refractivity contribution in [2.24, 2.45) is 5.14 Å². The molecule has 0 aromatic rings. The number of rotatable bonds is 2. The van der Waals surface area contributed by atoms with E-state index in [1.54, 1.807) is 0 Å². The summed E-state index contributed by atoms with van der Waals surface area (Å²) >= 11 is 0. The molecule has 1 rings (SSSR count). The van der Waals surface area contributed by atoms with Crippen LogP contribution in [0.5, 0.6) is 0 Å². The van der Waals surface area contributed by atoms with Gasteiger partial charge in [0.2, 0.25) is 0 Å². The number of aliphatic hydroxyl groups is 1. The molecule has 12 heavy (non-hydrogen) atoms. The van der Waals surface area contributed by atoms with Crippen molar-refractivity contribution in [2.75, 3.05) is 0 Å². The second kappa shape index (κ2) is 3.69. The molecule has 1 saturated carbocycles. The summed E-state index contributed by atoms with van der Waals surface area (Å²) in [6, 6.07) is -0.191. The highest BCUT2D eigenvalue weighted by Gasteiger charge is 2.22. The fourth-order valence-electron chi connectivity index (χ4n) is 1.50. The van der Waals surface area contributed by atoms with Gasteiger partial charge in [-0.1, -0.05) is 0 Å². The standard InChI is InChI=1S/C6H14N2O3S/c7-12(10,11)8-5-2-1-3-6(9)4-5/h5-6,8-9H,1-4H2,(H2,7,10,11). The van der Waals surface area contributed by atoms with Crippen LogP contribution in [0.2, 0.25) is 0 Å². The Morgan fingerprint density at radius 3 is 2.58 bits per heavy atom. The summed E-state index contributed by atoms with van der Waals surface area (Å²) in [4.78, 5) is 0. The molecule has 6 heteroatoms. The molecule has 2 unspecified atom stereocenters. The average molecular weight is 194 g/mol. The van der Waals surface area contributed by atoms with E-state index in [0.29, 0.717) is 6.42 Å². The highest BCUT2D eigenvalue weighted by atomic mass is 32.2. The van der Waals surface area contributed by atoms with Gasteiger partial charge in [-0.25, -0.2) is 5.14 Å². The Morgan fingerprint density at radius 2 is 2.08 bits per heavy atom. The van der Waals surface area contributed by atoms with Crippen LogP contribution in [0.1, 0.15) is 25.7 Å². The monoisotopic (exact) mass is 194 g/mol. The van der Waals surface area contributed by atoms with Crippen LogP contribution in [0.15, 0.2) is 0 Å². The van der Waals surface area contributed by atoms with Gasteiger partial charge >= 0.3 is 0 Å². The molecule has 72 valence electrons. The van der Waals surface area contributed by atoms with Crippen molar-refractivity contribution in [3.8, 4) is 0 Å². The summed E-state index contributed by atoms with van der Waals surface area (Å²) in [5.74, 6) is 0. The summed E-state index contributed by atoms with van der Waals surface area (Å²) in [7, 11) is -3.61. The average Bonchev–Trinajstić information content (AvgIpc) is 1.82. The van der Waals surface area contributed by atoms with Crippen LogP contribution in [0.25, 0.3) is 0 Å². The van der Waals surface area contributed by atoms with Crippen molar-refractivity contribution < 1.29 is 13.5 Å². The number of aliphatic hydroxyl groups excluding tert-OH is 1. The fraction of sp³-hybridized carbons (Fsp3) is 1.00. The zero-order valence-electron chi connectivity index (χ0n) is 6.73. The SMILES string of the molecule is NS(=O)(=O)NC1CCCC(O)C1. The quantitative estimate of drug-likeness (QED) is 0.531. The first kappa shape index (κ1) is 9.91. The summed E-state index contributed by atoms with van der Waals surface area (Å²) in [5.41, 5.74) is 0. The molecular formula is C6H14N2O3S. The summed E-state index contributed by atoms with van der Waals surface area (Å²) in [6.07, 6.45) is 2.43. The van der Waals surface area contributed by atoms with Crippen molar-refractivity contribution in [3.05, 3.63) is 0 Å². The smallest absolute Gasteiger partial charge is 0.274 e. The topological polar surface area (TPSA) is 92.4 Å². The van der Waals surface area contributed by atoms with Gasteiger partial charge in [-0.3, -0.25) is 0 Å². The third-order valence-corrected chi connectivity index (χ3v) is 2.64. The second-order valence-electron chi connectivity index (χ2n) is 3.18. The first-order valence-electron chi connectivity index (χ1n) is 3.95.